The highest BCUT2D eigenvalue weighted by molar-refractivity contribution is 5.75. The van der Waals surface area contributed by atoms with E-state index in [2.05, 4.69) is 19.2 Å². The van der Waals surface area contributed by atoms with Crippen LogP contribution in [0.25, 0.3) is 0 Å². The van der Waals surface area contributed by atoms with Gasteiger partial charge in [0.15, 0.2) is 0 Å². The molecular formula is C23H47NO3. The van der Waals surface area contributed by atoms with Gasteiger partial charge in [0.25, 0.3) is 0 Å². The summed E-state index contributed by atoms with van der Waals surface area (Å²) in [6, 6.07) is -0.158. The van der Waals surface area contributed by atoms with Crippen LogP contribution in [-0.4, -0.2) is 38.4 Å². The zero-order valence-electron chi connectivity index (χ0n) is 18.5. The predicted octanol–water partition coefficient (Wildman–Crippen LogP) is 6.03. The summed E-state index contributed by atoms with van der Waals surface area (Å²) in [6.45, 7) is 9.18. The number of ether oxygens (including phenoxy) is 2. The van der Waals surface area contributed by atoms with E-state index in [9.17, 15) is 4.79 Å². The van der Waals surface area contributed by atoms with Gasteiger partial charge in [-0.2, -0.15) is 0 Å². The van der Waals surface area contributed by atoms with Crippen LogP contribution in [0.1, 0.15) is 111 Å². The first kappa shape index (κ1) is 26.4. The van der Waals surface area contributed by atoms with E-state index in [4.69, 9.17) is 9.47 Å². The molecule has 0 aliphatic carbocycles. The molecule has 0 saturated carbocycles. The minimum atomic E-state index is -0.158. The second-order valence-corrected chi connectivity index (χ2v) is 7.55. The minimum absolute atomic E-state index is 0.0969. The number of hydrogen-bond acceptors (Lipinski definition) is 4. The summed E-state index contributed by atoms with van der Waals surface area (Å²) >= 11 is 0. The lowest BCUT2D eigenvalue weighted by molar-refractivity contribution is -0.145. The van der Waals surface area contributed by atoms with Crippen molar-refractivity contribution in [2.75, 3.05) is 26.4 Å². The monoisotopic (exact) mass is 385 g/mol. The minimum Gasteiger partial charge on any atom is -0.465 e. The first-order valence-corrected chi connectivity index (χ1v) is 11.7. The van der Waals surface area contributed by atoms with Gasteiger partial charge in [-0.25, -0.2) is 0 Å². The first-order valence-electron chi connectivity index (χ1n) is 11.7. The molecule has 0 amide bonds. The van der Waals surface area contributed by atoms with Gasteiger partial charge in [-0.15, -0.1) is 0 Å². The van der Waals surface area contributed by atoms with Gasteiger partial charge in [0.2, 0.25) is 0 Å². The van der Waals surface area contributed by atoms with Crippen LogP contribution in [0.3, 0.4) is 0 Å². The molecule has 4 heteroatoms. The van der Waals surface area contributed by atoms with E-state index in [0.29, 0.717) is 6.61 Å². The molecule has 0 bridgehead atoms. The van der Waals surface area contributed by atoms with Crippen LogP contribution >= 0.6 is 0 Å². The number of carbonyl (C=O) groups excluding carboxylic acids is 1. The summed E-state index contributed by atoms with van der Waals surface area (Å²) in [5.41, 5.74) is 0. The van der Waals surface area contributed by atoms with Gasteiger partial charge in [-0.1, -0.05) is 84.5 Å². The van der Waals surface area contributed by atoms with Crippen LogP contribution in [-0.2, 0) is 14.3 Å². The third-order valence-corrected chi connectivity index (χ3v) is 4.92. The number of esters is 1. The van der Waals surface area contributed by atoms with Crippen molar-refractivity contribution in [2.24, 2.45) is 0 Å². The normalized spacial score (nSPS) is 12.3. The van der Waals surface area contributed by atoms with Crippen LogP contribution in [0.15, 0.2) is 0 Å². The van der Waals surface area contributed by atoms with Crippen molar-refractivity contribution in [2.45, 2.75) is 117 Å². The Morgan fingerprint density at radius 2 is 1.30 bits per heavy atom. The average molecular weight is 386 g/mol. The van der Waals surface area contributed by atoms with E-state index in [1.807, 2.05) is 6.92 Å². The Balaban J connectivity index is 3.72. The van der Waals surface area contributed by atoms with E-state index in [1.54, 1.807) is 0 Å². The lowest BCUT2D eigenvalue weighted by Crippen LogP contribution is -2.39. The Hall–Kier alpha value is -0.610. The van der Waals surface area contributed by atoms with Gasteiger partial charge in [0.05, 0.1) is 6.61 Å². The van der Waals surface area contributed by atoms with Crippen LogP contribution in [0.4, 0.5) is 0 Å². The maximum atomic E-state index is 12.1. The summed E-state index contributed by atoms with van der Waals surface area (Å²) in [5.74, 6) is -0.0969. The van der Waals surface area contributed by atoms with Gasteiger partial charge in [-0.3, -0.25) is 4.79 Å². The van der Waals surface area contributed by atoms with E-state index in [0.717, 1.165) is 45.4 Å². The molecule has 162 valence electrons. The topological polar surface area (TPSA) is 47.6 Å². The Bertz CT molecular complexity index is 310. The first-order chi connectivity index (χ1) is 13.3. The highest BCUT2D eigenvalue weighted by Crippen LogP contribution is 2.12. The molecule has 1 atom stereocenters. The lowest BCUT2D eigenvalue weighted by Gasteiger charge is -2.17. The fraction of sp³-hybridized carbons (Fsp3) is 0.957. The molecule has 4 nitrogen and oxygen atoms in total. The number of nitrogens with one attached hydrogen (secondary N) is 1. The molecular weight excluding hydrogens is 338 g/mol. The van der Waals surface area contributed by atoms with Crippen molar-refractivity contribution in [1.82, 2.24) is 5.32 Å². The molecule has 0 aromatic carbocycles. The van der Waals surface area contributed by atoms with Crippen LogP contribution in [0, 0.1) is 0 Å². The van der Waals surface area contributed by atoms with Crippen LogP contribution in [0.5, 0.6) is 0 Å². The molecule has 27 heavy (non-hydrogen) atoms. The Morgan fingerprint density at radius 1 is 0.741 bits per heavy atom. The zero-order chi connectivity index (χ0) is 20.0. The van der Waals surface area contributed by atoms with E-state index in [1.165, 1.54) is 64.2 Å². The zero-order valence-corrected chi connectivity index (χ0v) is 18.5. The molecule has 1 unspecified atom stereocenters. The smallest absolute Gasteiger partial charge is 0.323 e. The number of unbranched alkanes of at least 4 members (excludes halogenated alkanes) is 10. The third kappa shape index (κ3) is 18.5. The van der Waals surface area contributed by atoms with E-state index >= 15 is 0 Å². The summed E-state index contributed by atoms with van der Waals surface area (Å²) in [4.78, 5) is 12.1. The SMILES string of the molecule is CCCCCCCCCCCCC(NCCCOCCCC)C(=O)OCC. The molecule has 0 saturated heterocycles. The standard InChI is InChI=1S/C23H47NO3/c1-4-7-9-10-11-12-13-14-15-16-18-22(23(25)27-6-3)24-19-17-21-26-20-8-5-2/h22,24H,4-21H2,1-3H3. The summed E-state index contributed by atoms with van der Waals surface area (Å²) in [7, 11) is 0. The molecule has 0 rings (SSSR count). The van der Waals surface area contributed by atoms with Gasteiger partial charge >= 0.3 is 5.97 Å². The van der Waals surface area contributed by atoms with Crippen molar-refractivity contribution >= 4 is 5.97 Å². The fourth-order valence-electron chi connectivity index (χ4n) is 3.18. The third-order valence-electron chi connectivity index (χ3n) is 4.92. The van der Waals surface area contributed by atoms with Gasteiger partial charge in [-0.05, 0) is 32.7 Å². The average Bonchev–Trinajstić information content (AvgIpc) is 2.67. The highest BCUT2D eigenvalue weighted by atomic mass is 16.5. The van der Waals surface area contributed by atoms with E-state index < -0.39 is 0 Å². The van der Waals surface area contributed by atoms with Crippen LogP contribution in [0.2, 0.25) is 0 Å². The van der Waals surface area contributed by atoms with E-state index in [-0.39, 0.29) is 12.0 Å². The molecule has 0 aromatic heterocycles. The summed E-state index contributed by atoms with van der Waals surface area (Å²) in [5, 5.41) is 3.37. The Labute approximate surface area is 169 Å². The number of carbonyl (C=O) groups is 1. The maximum absolute atomic E-state index is 12.1. The number of hydrogen-bond donors (Lipinski definition) is 1. The molecule has 0 radical (unpaired) electrons. The lowest BCUT2D eigenvalue weighted by atomic mass is 10.0. The molecule has 0 aliphatic heterocycles. The van der Waals surface area contributed by atoms with Crippen molar-refractivity contribution in [3.8, 4) is 0 Å². The largest absolute Gasteiger partial charge is 0.465 e. The van der Waals surface area contributed by atoms with Crippen molar-refractivity contribution < 1.29 is 14.3 Å². The van der Waals surface area contributed by atoms with Crippen LogP contribution < -0.4 is 5.32 Å². The quantitative estimate of drug-likeness (QED) is 0.194. The predicted molar refractivity (Wildman–Crippen MR) is 115 cm³/mol. The molecule has 0 spiro atoms. The van der Waals surface area contributed by atoms with Gasteiger partial charge < -0.3 is 14.8 Å². The molecule has 1 N–H and O–H groups in total. The molecule has 0 aliphatic rings. The summed E-state index contributed by atoms with van der Waals surface area (Å²) < 4.78 is 10.8. The van der Waals surface area contributed by atoms with Crippen molar-refractivity contribution in [1.29, 1.82) is 0 Å². The maximum Gasteiger partial charge on any atom is 0.323 e. The molecule has 0 aromatic rings. The van der Waals surface area contributed by atoms with Crippen molar-refractivity contribution in [3.63, 3.8) is 0 Å². The molecule has 0 heterocycles. The fourth-order valence-corrected chi connectivity index (χ4v) is 3.18. The Morgan fingerprint density at radius 3 is 1.89 bits per heavy atom. The Kier molecular flexibility index (Phi) is 21.2. The second-order valence-electron chi connectivity index (χ2n) is 7.55. The number of rotatable bonds is 21. The highest BCUT2D eigenvalue weighted by Gasteiger charge is 2.18. The van der Waals surface area contributed by atoms with Crippen molar-refractivity contribution in [3.05, 3.63) is 0 Å². The van der Waals surface area contributed by atoms with Gasteiger partial charge in [0.1, 0.15) is 6.04 Å². The summed E-state index contributed by atoms with van der Waals surface area (Å²) in [6.07, 6.45) is 17.3. The second kappa shape index (κ2) is 21.7. The molecule has 0 fully saturated rings. The van der Waals surface area contributed by atoms with Gasteiger partial charge in [0, 0.05) is 13.2 Å².